The number of carbonyl (C=O) groups is 2. The number of benzene rings is 1. The second kappa shape index (κ2) is 6.89. The molecule has 0 atom stereocenters. The van der Waals surface area contributed by atoms with Gasteiger partial charge in [-0.1, -0.05) is 18.2 Å². The maximum Gasteiger partial charge on any atom is 0.323 e. The molecule has 0 aliphatic rings. The lowest BCUT2D eigenvalue weighted by molar-refractivity contribution is -0.145. The number of carbonyl (C=O) groups excluding carboxylic acids is 1. The number of hydrogen-bond acceptors (Lipinski definition) is 3. The fourth-order valence-corrected chi connectivity index (χ4v) is 2.15. The smallest absolute Gasteiger partial charge is 0.323 e. The lowest BCUT2D eigenvalue weighted by atomic mass is 10.2. The van der Waals surface area contributed by atoms with Gasteiger partial charge in [0.25, 0.3) is 0 Å². The monoisotopic (exact) mass is 301 g/mol. The normalized spacial score (nSPS) is 10.7. The highest BCUT2D eigenvalue weighted by atomic mass is 16.4. The van der Waals surface area contributed by atoms with E-state index in [0.29, 0.717) is 0 Å². The summed E-state index contributed by atoms with van der Waals surface area (Å²) in [4.78, 5) is 24.5. The van der Waals surface area contributed by atoms with E-state index in [1.165, 1.54) is 4.90 Å². The van der Waals surface area contributed by atoms with Gasteiger partial charge in [-0.05, 0) is 31.5 Å². The van der Waals surface area contributed by atoms with Crippen LogP contribution in [0.2, 0.25) is 0 Å². The Morgan fingerprint density at radius 1 is 1.27 bits per heavy atom. The molecule has 1 aromatic heterocycles. The van der Waals surface area contributed by atoms with Crippen LogP contribution >= 0.6 is 0 Å². The van der Waals surface area contributed by atoms with Crippen LogP contribution in [0.15, 0.2) is 42.7 Å². The van der Waals surface area contributed by atoms with E-state index in [-0.39, 0.29) is 24.9 Å². The molecular formula is C16H19N3O3. The maximum absolute atomic E-state index is 12.3. The van der Waals surface area contributed by atoms with E-state index in [4.69, 9.17) is 5.11 Å². The predicted octanol–water partition coefficient (Wildman–Crippen LogP) is 1.74. The van der Waals surface area contributed by atoms with Crippen LogP contribution < -0.4 is 0 Å². The zero-order chi connectivity index (χ0) is 16.1. The molecule has 0 fully saturated rings. The van der Waals surface area contributed by atoms with E-state index in [2.05, 4.69) is 5.10 Å². The van der Waals surface area contributed by atoms with Crippen LogP contribution in [0.1, 0.15) is 19.4 Å². The number of aromatic nitrogens is 2. The zero-order valence-corrected chi connectivity index (χ0v) is 12.6. The SMILES string of the molecule is CC(C)N(CC(=O)O)C(=O)Cc1cnn(-c2ccccc2)c1. The van der Waals surface area contributed by atoms with Crippen LogP contribution in [-0.4, -0.2) is 44.3 Å². The van der Waals surface area contributed by atoms with Gasteiger partial charge in [0, 0.05) is 12.2 Å². The molecule has 0 bridgehead atoms. The molecule has 0 unspecified atom stereocenters. The van der Waals surface area contributed by atoms with Crippen LogP contribution in [-0.2, 0) is 16.0 Å². The van der Waals surface area contributed by atoms with Crippen molar-refractivity contribution in [2.75, 3.05) is 6.54 Å². The summed E-state index contributed by atoms with van der Waals surface area (Å²) in [6.45, 7) is 3.31. The molecule has 2 aromatic rings. The summed E-state index contributed by atoms with van der Waals surface area (Å²) in [7, 11) is 0. The van der Waals surface area contributed by atoms with Crippen molar-refractivity contribution in [2.45, 2.75) is 26.3 Å². The van der Waals surface area contributed by atoms with Crippen molar-refractivity contribution in [3.05, 3.63) is 48.3 Å². The lowest BCUT2D eigenvalue weighted by Crippen LogP contribution is -2.41. The number of aliphatic carboxylic acids is 1. The minimum Gasteiger partial charge on any atom is -0.480 e. The quantitative estimate of drug-likeness (QED) is 0.881. The van der Waals surface area contributed by atoms with Gasteiger partial charge in [-0.25, -0.2) is 4.68 Å². The molecule has 0 spiro atoms. The van der Waals surface area contributed by atoms with E-state index in [1.807, 2.05) is 30.3 Å². The van der Waals surface area contributed by atoms with Gasteiger partial charge in [0.15, 0.2) is 0 Å². The maximum atomic E-state index is 12.3. The van der Waals surface area contributed by atoms with E-state index in [0.717, 1.165) is 11.3 Å². The molecule has 0 saturated carbocycles. The molecule has 1 amide bonds. The fraction of sp³-hybridized carbons (Fsp3) is 0.312. The number of amides is 1. The van der Waals surface area contributed by atoms with Gasteiger partial charge in [0.2, 0.25) is 5.91 Å². The van der Waals surface area contributed by atoms with Crippen molar-refractivity contribution in [2.24, 2.45) is 0 Å². The number of para-hydroxylation sites is 1. The molecule has 6 heteroatoms. The van der Waals surface area contributed by atoms with Gasteiger partial charge in [0.1, 0.15) is 6.54 Å². The summed E-state index contributed by atoms with van der Waals surface area (Å²) in [5, 5.41) is 13.1. The van der Waals surface area contributed by atoms with Crippen LogP contribution in [0, 0.1) is 0 Å². The fourth-order valence-electron chi connectivity index (χ4n) is 2.15. The number of nitrogens with zero attached hydrogens (tertiary/aromatic N) is 3. The van der Waals surface area contributed by atoms with E-state index < -0.39 is 5.97 Å². The Bertz CT molecular complexity index is 650. The first kappa shape index (κ1) is 15.8. The van der Waals surface area contributed by atoms with Gasteiger partial charge in [-0.3, -0.25) is 9.59 Å². The van der Waals surface area contributed by atoms with E-state index in [1.54, 1.807) is 30.9 Å². The molecule has 1 N–H and O–H groups in total. The van der Waals surface area contributed by atoms with Crippen molar-refractivity contribution < 1.29 is 14.7 Å². The van der Waals surface area contributed by atoms with Crippen LogP contribution in [0.5, 0.6) is 0 Å². The minimum atomic E-state index is -1.01. The molecule has 1 aromatic carbocycles. The minimum absolute atomic E-state index is 0.137. The molecule has 6 nitrogen and oxygen atoms in total. The van der Waals surface area contributed by atoms with Gasteiger partial charge in [0.05, 0.1) is 18.3 Å². The van der Waals surface area contributed by atoms with Crippen LogP contribution in [0.25, 0.3) is 5.69 Å². The summed E-state index contributed by atoms with van der Waals surface area (Å²) >= 11 is 0. The molecular weight excluding hydrogens is 282 g/mol. The predicted molar refractivity (Wildman–Crippen MR) is 81.8 cm³/mol. The summed E-state index contributed by atoms with van der Waals surface area (Å²) in [6, 6.07) is 9.42. The molecule has 116 valence electrons. The number of rotatable bonds is 6. The van der Waals surface area contributed by atoms with Gasteiger partial charge in [-0.15, -0.1) is 0 Å². The van der Waals surface area contributed by atoms with Crippen molar-refractivity contribution in [3.8, 4) is 5.69 Å². The van der Waals surface area contributed by atoms with E-state index in [9.17, 15) is 9.59 Å². The van der Waals surface area contributed by atoms with Crippen molar-refractivity contribution in [1.29, 1.82) is 0 Å². The molecule has 1 heterocycles. The lowest BCUT2D eigenvalue weighted by Gasteiger charge is -2.24. The number of carboxylic acid groups (broad SMARTS) is 1. The zero-order valence-electron chi connectivity index (χ0n) is 12.6. The van der Waals surface area contributed by atoms with Gasteiger partial charge in [-0.2, -0.15) is 5.10 Å². The highest BCUT2D eigenvalue weighted by molar-refractivity contribution is 5.83. The average molecular weight is 301 g/mol. The summed E-state index contributed by atoms with van der Waals surface area (Å²) in [5.41, 5.74) is 1.66. The Morgan fingerprint density at radius 3 is 2.55 bits per heavy atom. The molecule has 0 radical (unpaired) electrons. The largest absolute Gasteiger partial charge is 0.480 e. The second-order valence-corrected chi connectivity index (χ2v) is 5.31. The molecule has 0 saturated heterocycles. The highest BCUT2D eigenvalue weighted by Gasteiger charge is 2.20. The standard InChI is InChI=1S/C16H19N3O3/c1-12(2)18(11-16(21)22)15(20)8-13-9-17-19(10-13)14-6-4-3-5-7-14/h3-7,9-10,12H,8,11H2,1-2H3,(H,21,22). The number of carboxylic acids is 1. The Balaban J connectivity index is 2.09. The third kappa shape index (κ3) is 3.94. The summed E-state index contributed by atoms with van der Waals surface area (Å²) in [6.07, 6.45) is 3.55. The topological polar surface area (TPSA) is 75.4 Å². The molecule has 22 heavy (non-hydrogen) atoms. The second-order valence-electron chi connectivity index (χ2n) is 5.31. The van der Waals surface area contributed by atoms with Gasteiger partial charge >= 0.3 is 5.97 Å². The highest BCUT2D eigenvalue weighted by Crippen LogP contribution is 2.10. The third-order valence-electron chi connectivity index (χ3n) is 3.26. The Kier molecular flexibility index (Phi) is 4.93. The Hall–Kier alpha value is -2.63. The first-order chi connectivity index (χ1) is 10.5. The van der Waals surface area contributed by atoms with Crippen LogP contribution in [0.3, 0.4) is 0 Å². The number of hydrogen-bond donors (Lipinski definition) is 1. The Morgan fingerprint density at radius 2 is 1.95 bits per heavy atom. The summed E-state index contributed by atoms with van der Waals surface area (Å²) < 4.78 is 1.69. The summed E-state index contributed by atoms with van der Waals surface area (Å²) in [5.74, 6) is -1.23. The third-order valence-corrected chi connectivity index (χ3v) is 3.26. The van der Waals surface area contributed by atoms with Crippen molar-refractivity contribution in [3.63, 3.8) is 0 Å². The molecule has 0 aliphatic carbocycles. The first-order valence-corrected chi connectivity index (χ1v) is 7.07. The van der Waals surface area contributed by atoms with Crippen molar-refractivity contribution in [1.82, 2.24) is 14.7 Å². The van der Waals surface area contributed by atoms with Crippen molar-refractivity contribution >= 4 is 11.9 Å². The van der Waals surface area contributed by atoms with E-state index >= 15 is 0 Å². The average Bonchev–Trinajstić information content (AvgIpc) is 2.93. The van der Waals surface area contributed by atoms with Gasteiger partial charge < -0.3 is 10.0 Å². The first-order valence-electron chi connectivity index (χ1n) is 7.07. The van der Waals surface area contributed by atoms with Crippen LogP contribution in [0.4, 0.5) is 0 Å². The molecule has 0 aliphatic heterocycles. The molecule has 2 rings (SSSR count). The Labute approximate surface area is 129 Å².